The summed E-state index contributed by atoms with van der Waals surface area (Å²) in [6, 6.07) is 44.0. The molecule has 0 saturated heterocycles. The molecule has 0 atom stereocenters. The fraction of sp³-hybridized carbons (Fsp3) is 0.0426. The second-order valence-corrected chi connectivity index (χ2v) is 13.8. The van der Waals surface area contributed by atoms with Crippen molar-refractivity contribution in [3.63, 3.8) is 0 Å². The van der Waals surface area contributed by atoms with Gasteiger partial charge in [-0.3, -0.25) is 0 Å². The molecule has 3 aromatic heterocycles. The first-order valence-corrected chi connectivity index (χ1v) is 18.2. The molecule has 5 nitrogen and oxygen atoms in total. The van der Waals surface area contributed by atoms with Gasteiger partial charge in [-0.25, -0.2) is 15.0 Å². The van der Waals surface area contributed by atoms with Crippen LogP contribution in [0.4, 0.5) is 26.3 Å². The average molecular weight is 777 g/mol. The normalized spacial score (nSPS) is 12.3. The Morgan fingerprint density at radius 2 is 0.948 bits per heavy atom. The predicted molar refractivity (Wildman–Crippen MR) is 213 cm³/mol. The Labute approximate surface area is 325 Å². The van der Waals surface area contributed by atoms with Crippen LogP contribution in [-0.2, 0) is 12.4 Å². The molecule has 58 heavy (non-hydrogen) atoms. The Morgan fingerprint density at radius 3 is 1.53 bits per heavy atom. The van der Waals surface area contributed by atoms with Gasteiger partial charge in [-0.1, -0.05) is 97.1 Å². The summed E-state index contributed by atoms with van der Waals surface area (Å²) in [6.07, 6.45) is -9.47. The van der Waals surface area contributed by atoms with Gasteiger partial charge in [-0.05, 0) is 71.8 Å². The molecule has 11 heteroatoms. The highest BCUT2D eigenvalue weighted by Crippen LogP contribution is 2.44. The molecule has 0 N–H and O–H groups in total. The van der Waals surface area contributed by atoms with E-state index in [0.29, 0.717) is 45.2 Å². The molecule has 10 rings (SSSR count). The maximum atomic E-state index is 14.1. The minimum atomic E-state index is -4.73. The summed E-state index contributed by atoms with van der Waals surface area (Å²) in [5, 5.41) is 1.79. The van der Waals surface area contributed by atoms with Gasteiger partial charge >= 0.3 is 12.4 Å². The van der Waals surface area contributed by atoms with Crippen molar-refractivity contribution < 1.29 is 30.8 Å². The van der Waals surface area contributed by atoms with Crippen LogP contribution in [0.3, 0.4) is 0 Å². The van der Waals surface area contributed by atoms with Gasteiger partial charge in [0, 0.05) is 38.2 Å². The number of rotatable bonds is 5. The molecule has 3 heterocycles. The van der Waals surface area contributed by atoms with Crippen molar-refractivity contribution in [3.8, 4) is 51.0 Å². The molecule has 0 spiro atoms. The standard InChI is InChI=1S/C47H26F6N4O/c48-46(49,50)30-19-22-37-34(25-30)35-26-31(47(51,52)53)20-23-38(35)57(37)39-21-18-29(32-15-9-17-41-42(32)33-14-7-8-16-40(33)58-41)24-36(39)45-55-43(27-10-3-1-4-11-27)54-44(56-45)28-12-5-2-6-13-28/h1-26H. The van der Waals surface area contributed by atoms with Gasteiger partial charge in [-0.15, -0.1) is 0 Å². The van der Waals surface area contributed by atoms with E-state index in [1.54, 1.807) is 10.6 Å². The van der Waals surface area contributed by atoms with Gasteiger partial charge in [0.15, 0.2) is 17.5 Å². The lowest BCUT2D eigenvalue weighted by Gasteiger charge is -2.17. The van der Waals surface area contributed by atoms with E-state index in [2.05, 4.69) is 0 Å². The molecule has 0 amide bonds. The van der Waals surface area contributed by atoms with E-state index in [0.717, 1.165) is 46.2 Å². The third-order valence-corrected chi connectivity index (χ3v) is 10.3. The van der Waals surface area contributed by atoms with E-state index >= 15 is 0 Å². The van der Waals surface area contributed by atoms with Crippen LogP contribution in [0.2, 0.25) is 0 Å². The van der Waals surface area contributed by atoms with Crippen LogP contribution in [0.1, 0.15) is 11.1 Å². The van der Waals surface area contributed by atoms with Gasteiger partial charge < -0.3 is 8.98 Å². The number of alkyl halides is 6. The minimum absolute atomic E-state index is 0.00572. The lowest BCUT2D eigenvalue weighted by molar-refractivity contribution is -0.138. The Bertz CT molecular complexity index is 3080. The smallest absolute Gasteiger partial charge is 0.416 e. The SMILES string of the molecule is FC(F)(F)c1ccc2c(c1)c1cc(C(F)(F)F)ccc1n2-c1ccc(-c2cccc3oc4ccccc4c23)cc1-c1nc(-c2ccccc2)nc(-c2ccccc2)n1. The van der Waals surface area contributed by atoms with E-state index in [9.17, 15) is 26.3 Å². The summed E-state index contributed by atoms with van der Waals surface area (Å²) < 4.78 is 92.7. The number of furan rings is 1. The maximum Gasteiger partial charge on any atom is 0.416 e. The van der Waals surface area contributed by atoms with Gasteiger partial charge in [-0.2, -0.15) is 26.3 Å². The molecule has 0 unspecified atom stereocenters. The number of hydrogen-bond donors (Lipinski definition) is 0. The lowest BCUT2D eigenvalue weighted by Crippen LogP contribution is -2.05. The summed E-state index contributed by atoms with van der Waals surface area (Å²) in [5.74, 6) is 0.980. The van der Waals surface area contributed by atoms with E-state index in [-0.39, 0.29) is 27.6 Å². The first-order valence-electron chi connectivity index (χ1n) is 18.2. The third-order valence-electron chi connectivity index (χ3n) is 10.3. The Kier molecular flexibility index (Phi) is 7.98. The molecule has 0 aliphatic heterocycles. The zero-order chi connectivity index (χ0) is 39.8. The highest BCUT2D eigenvalue weighted by molar-refractivity contribution is 6.13. The molecular formula is C47H26F6N4O. The van der Waals surface area contributed by atoms with Crippen LogP contribution >= 0.6 is 0 Å². The highest BCUT2D eigenvalue weighted by Gasteiger charge is 2.34. The number of aromatic nitrogens is 4. The average Bonchev–Trinajstić information content (AvgIpc) is 3.78. The van der Waals surface area contributed by atoms with Crippen LogP contribution < -0.4 is 0 Å². The van der Waals surface area contributed by atoms with Gasteiger partial charge in [0.2, 0.25) is 0 Å². The van der Waals surface area contributed by atoms with Gasteiger partial charge in [0.1, 0.15) is 11.2 Å². The Balaban J connectivity index is 1.31. The monoisotopic (exact) mass is 776 g/mol. The topological polar surface area (TPSA) is 56.7 Å². The zero-order valence-electron chi connectivity index (χ0n) is 30.0. The second-order valence-electron chi connectivity index (χ2n) is 13.8. The number of para-hydroxylation sites is 1. The van der Waals surface area contributed by atoms with E-state index in [1.807, 2.05) is 115 Å². The quantitative estimate of drug-likeness (QED) is 0.163. The molecule has 0 radical (unpaired) electrons. The number of nitrogens with zero attached hydrogens (tertiary/aromatic N) is 4. The van der Waals surface area contributed by atoms with Crippen molar-refractivity contribution in [2.75, 3.05) is 0 Å². The van der Waals surface area contributed by atoms with E-state index in [4.69, 9.17) is 19.4 Å². The van der Waals surface area contributed by atoms with Crippen LogP contribution in [0.15, 0.2) is 162 Å². The van der Waals surface area contributed by atoms with E-state index < -0.39 is 23.5 Å². The minimum Gasteiger partial charge on any atom is -0.456 e. The van der Waals surface area contributed by atoms with Crippen LogP contribution in [-0.4, -0.2) is 19.5 Å². The fourth-order valence-electron chi connectivity index (χ4n) is 7.66. The highest BCUT2D eigenvalue weighted by atomic mass is 19.4. The van der Waals surface area contributed by atoms with Crippen molar-refractivity contribution >= 4 is 43.7 Å². The molecular weight excluding hydrogens is 751 g/mol. The second kappa shape index (κ2) is 13.2. The predicted octanol–water partition coefficient (Wildman–Crippen LogP) is 13.6. The molecule has 10 aromatic rings. The summed E-state index contributed by atoms with van der Waals surface area (Å²) in [6.45, 7) is 0. The van der Waals surface area contributed by atoms with Crippen molar-refractivity contribution in [1.29, 1.82) is 0 Å². The molecule has 0 bridgehead atoms. The van der Waals surface area contributed by atoms with Gasteiger partial charge in [0.05, 0.1) is 27.8 Å². The third kappa shape index (κ3) is 5.94. The van der Waals surface area contributed by atoms with Crippen LogP contribution in [0.25, 0.3) is 94.7 Å². The number of hydrogen-bond acceptors (Lipinski definition) is 4. The van der Waals surface area contributed by atoms with Crippen molar-refractivity contribution in [1.82, 2.24) is 19.5 Å². The van der Waals surface area contributed by atoms with Gasteiger partial charge in [0.25, 0.3) is 0 Å². The van der Waals surface area contributed by atoms with Crippen LogP contribution in [0, 0.1) is 0 Å². The molecule has 7 aromatic carbocycles. The lowest BCUT2D eigenvalue weighted by atomic mass is 9.96. The van der Waals surface area contributed by atoms with Crippen molar-refractivity contribution in [3.05, 3.63) is 169 Å². The summed E-state index contributed by atoms with van der Waals surface area (Å²) in [4.78, 5) is 14.9. The Hall–Kier alpha value is -7.27. The van der Waals surface area contributed by atoms with Crippen molar-refractivity contribution in [2.24, 2.45) is 0 Å². The first kappa shape index (κ1) is 35.2. The number of benzene rings is 7. The molecule has 0 aliphatic carbocycles. The summed E-state index contributed by atoms with van der Waals surface area (Å²) >= 11 is 0. The largest absolute Gasteiger partial charge is 0.456 e. The van der Waals surface area contributed by atoms with E-state index in [1.165, 1.54) is 12.1 Å². The zero-order valence-corrected chi connectivity index (χ0v) is 30.0. The summed E-state index contributed by atoms with van der Waals surface area (Å²) in [7, 11) is 0. The Morgan fingerprint density at radius 1 is 0.414 bits per heavy atom. The van der Waals surface area contributed by atoms with Crippen molar-refractivity contribution in [2.45, 2.75) is 12.4 Å². The maximum absolute atomic E-state index is 14.1. The van der Waals surface area contributed by atoms with Crippen LogP contribution in [0.5, 0.6) is 0 Å². The number of fused-ring (bicyclic) bond motifs is 6. The first-order chi connectivity index (χ1) is 28.0. The molecule has 0 fully saturated rings. The molecule has 0 aliphatic rings. The molecule has 282 valence electrons. The summed E-state index contributed by atoms with van der Waals surface area (Å²) in [5.41, 5.74) is 3.84. The molecule has 0 saturated carbocycles. The fourth-order valence-corrected chi connectivity index (χ4v) is 7.66. The number of halogens is 6.